The number of H-pyrrole nitrogens is 2. The summed E-state index contributed by atoms with van der Waals surface area (Å²) in [6.45, 7) is 1.19. The molecule has 56 heavy (non-hydrogen) atoms. The fourth-order valence-corrected chi connectivity index (χ4v) is 8.20. The van der Waals surface area contributed by atoms with E-state index in [0.717, 1.165) is 68.2 Å². The number of benzene rings is 2. The van der Waals surface area contributed by atoms with Crippen LogP contribution < -0.4 is 20.1 Å². The number of ether oxygens (including phenoxy) is 4. The number of aromatic nitrogens is 4. The number of hydrogen-bond donors (Lipinski definition) is 4. The highest BCUT2D eigenvalue weighted by Gasteiger charge is 2.44. The van der Waals surface area contributed by atoms with E-state index in [1.54, 1.807) is 6.20 Å². The largest absolute Gasteiger partial charge is 0.453 e. The van der Waals surface area contributed by atoms with E-state index in [1.807, 2.05) is 52.4 Å². The lowest BCUT2D eigenvalue weighted by atomic mass is 10.1. The first-order valence-corrected chi connectivity index (χ1v) is 19.3. The lowest BCUT2D eigenvalue weighted by molar-refractivity contribution is -0.135. The Morgan fingerprint density at radius 3 is 1.82 bits per heavy atom. The molecular formula is C40H44N8O8. The summed E-state index contributed by atoms with van der Waals surface area (Å²) >= 11 is 0. The number of carbonyl (C=O) groups is 4. The van der Waals surface area contributed by atoms with Gasteiger partial charge in [-0.25, -0.2) is 19.6 Å². The minimum Gasteiger partial charge on any atom is -0.453 e. The van der Waals surface area contributed by atoms with Crippen molar-refractivity contribution < 1.29 is 38.1 Å². The van der Waals surface area contributed by atoms with Crippen LogP contribution in [0.5, 0.6) is 23.0 Å². The Morgan fingerprint density at radius 1 is 0.732 bits per heavy atom. The molecule has 292 valence electrons. The van der Waals surface area contributed by atoms with Gasteiger partial charge in [-0.15, -0.1) is 0 Å². The molecule has 16 nitrogen and oxygen atoms in total. The van der Waals surface area contributed by atoms with Gasteiger partial charge in [0, 0.05) is 30.4 Å². The number of likely N-dealkylation sites (tertiary alicyclic amines) is 2. The van der Waals surface area contributed by atoms with Crippen LogP contribution in [-0.2, 0) is 19.1 Å². The SMILES string of the molecule is COC(=O)N[C@H](C(=O)N1CCC[C@H]1c1nc(-c2ccc3c(c2)Oc2ccc(-c4cnc([C@@H]5CCCN5C(=O)[C@@H](NC(=O)OC)C5CC5)[nH]4)cc2O3)c[nH]1)C1CC1. The fourth-order valence-electron chi connectivity index (χ4n) is 8.20. The van der Waals surface area contributed by atoms with E-state index in [4.69, 9.17) is 23.9 Å². The van der Waals surface area contributed by atoms with Crippen LogP contribution in [0.15, 0.2) is 48.8 Å². The molecule has 9 rings (SSSR count). The van der Waals surface area contributed by atoms with E-state index in [-0.39, 0.29) is 35.7 Å². The first kappa shape index (κ1) is 35.6. The summed E-state index contributed by atoms with van der Waals surface area (Å²) < 4.78 is 22.2. The molecular weight excluding hydrogens is 720 g/mol. The summed E-state index contributed by atoms with van der Waals surface area (Å²) in [5, 5.41) is 5.49. The van der Waals surface area contributed by atoms with Gasteiger partial charge in [-0.1, -0.05) is 0 Å². The molecule has 2 saturated carbocycles. The number of nitrogens with one attached hydrogen (secondary N) is 4. The van der Waals surface area contributed by atoms with Gasteiger partial charge in [-0.3, -0.25) is 9.59 Å². The van der Waals surface area contributed by atoms with Crippen LogP contribution in [0.2, 0.25) is 0 Å². The van der Waals surface area contributed by atoms with Crippen LogP contribution in [0.3, 0.4) is 0 Å². The fraction of sp³-hybridized carbons (Fsp3) is 0.450. The predicted octanol–water partition coefficient (Wildman–Crippen LogP) is 5.96. The monoisotopic (exact) mass is 764 g/mol. The van der Waals surface area contributed by atoms with Crippen molar-refractivity contribution >= 4 is 24.0 Å². The number of imidazole rings is 2. The lowest BCUT2D eigenvalue weighted by Gasteiger charge is -2.28. The molecule has 2 aromatic heterocycles. The number of nitrogens with zero attached hydrogens (tertiary/aromatic N) is 4. The van der Waals surface area contributed by atoms with Gasteiger partial charge < -0.3 is 49.3 Å². The molecule has 4 N–H and O–H groups in total. The van der Waals surface area contributed by atoms with Crippen molar-refractivity contribution in [2.24, 2.45) is 11.8 Å². The van der Waals surface area contributed by atoms with Crippen molar-refractivity contribution in [2.45, 2.75) is 75.5 Å². The summed E-state index contributed by atoms with van der Waals surface area (Å²) in [5.74, 6) is 3.64. The Labute approximate surface area is 322 Å². The van der Waals surface area contributed by atoms with Crippen molar-refractivity contribution in [3.63, 3.8) is 0 Å². The second-order valence-electron chi connectivity index (χ2n) is 15.2. The highest BCUT2D eigenvalue weighted by Crippen LogP contribution is 2.48. The molecule has 0 unspecified atom stereocenters. The van der Waals surface area contributed by atoms with Crippen molar-refractivity contribution in [3.8, 4) is 45.5 Å². The third-order valence-corrected chi connectivity index (χ3v) is 11.5. The van der Waals surface area contributed by atoms with Crippen LogP contribution in [-0.4, -0.2) is 93.1 Å². The molecule has 4 aromatic rings. The second kappa shape index (κ2) is 14.5. The van der Waals surface area contributed by atoms with Crippen molar-refractivity contribution in [1.82, 2.24) is 40.4 Å². The standard InChI is InChI=1S/C40H44N8O8/c1-53-39(51)45-33(21-7-8-21)37(49)47-15-3-5-27(47)35-41-19-25(43-35)23-11-13-29-31(17-23)55-30-14-12-24(18-32(30)56-29)26-20-42-36(44-26)28-6-4-16-48(28)38(50)34(22-9-10-22)46-40(52)54-2/h11-14,17-22,27-28,33-34H,3-10,15-16H2,1-2H3,(H,41,43)(H,42,44)(H,45,51)(H,46,52)/t27-,28-,33-,34-/m0/s1. The van der Waals surface area contributed by atoms with E-state index in [0.29, 0.717) is 53.4 Å². The van der Waals surface area contributed by atoms with Crippen LogP contribution in [0, 0.1) is 11.8 Å². The maximum atomic E-state index is 13.6. The van der Waals surface area contributed by atoms with E-state index in [1.165, 1.54) is 14.2 Å². The van der Waals surface area contributed by atoms with Crippen LogP contribution in [0.25, 0.3) is 22.5 Å². The summed E-state index contributed by atoms with van der Waals surface area (Å²) in [6, 6.07) is 9.68. The third-order valence-electron chi connectivity index (χ3n) is 11.5. The van der Waals surface area contributed by atoms with Crippen molar-refractivity contribution in [3.05, 3.63) is 60.4 Å². The molecule has 2 aliphatic carbocycles. The van der Waals surface area contributed by atoms with Gasteiger partial charge in [-0.05, 0) is 99.6 Å². The number of carbonyl (C=O) groups excluding carboxylic acids is 4. The topological polar surface area (TPSA) is 193 Å². The average molecular weight is 765 g/mol. The summed E-state index contributed by atoms with van der Waals surface area (Å²) in [7, 11) is 2.60. The number of rotatable bonds is 10. The molecule has 4 atom stereocenters. The minimum atomic E-state index is -0.602. The molecule has 2 saturated heterocycles. The van der Waals surface area contributed by atoms with Crippen molar-refractivity contribution in [1.29, 1.82) is 0 Å². The van der Waals surface area contributed by atoms with Gasteiger partial charge in [0.15, 0.2) is 23.0 Å². The Balaban J connectivity index is 0.873. The molecule has 16 heteroatoms. The smallest absolute Gasteiger partial charge is 0.407 e. The third kappa shape index (κ3) is 6.88. The van der Waals surface area contributed by atoms with Gasteiger partial charge in [0.2, 0.25) is 11.8 Å². The molecule has 2 aromatic carbocycles. The Bertz CT molecular complexity index is 2020. The zero-order chi connectivity index (χ0) is 38.5. The second-order valence-corrected chi connectivity index (χ2v) is 15.2. The van der Waals surface area contributed by atoms with Crippen LogP contribution >= 0.6 is 0 Å². The zero-order valence-corrected chi connectivity index (χ0v) is 31.2. The van der Waals surface area contributed by atoms with Gasteiger partial charge in [0.1, 0.15) is 23.7 Å². The molecule has 0 spiro atoms. The summed E-state index contributed by atoms with van der Waals surface area (Å²) in [4.78, 5) is 71.2. The number of fused-ring (bicyclic) bond motifs is 2. The van der Waals surface area contributed by atoms with E-state index < -0.39 is 24.3 Å². The van der Waals surface area contributed by atoms with Gasteiger partial charge in [0.25, 0.3) is 0 Å². The number of hydrogen-bond acceptors (Lipinski definition) is 10. The summed E-state index contributed by atoms with van der Waals surface area (Å²) in [5.41, 5.74) is 3.15. The van der Waals surface area contributed by atoms with Gasteiger partial charge in [0.05, 0.1) is 43.9 Å². The zero-order valence-electron chi connectivity index (χ0n) is 31.2. The molecule has 3 aliphatic heterocycles. The van der Waals surface area contributed by atoms with Gasteiger partial charge in [-0.2, -0.15) is 0 Å². The van der Waals surface area contributed by atoms with Crippen LogP contribution in [0.1, 0.15) is 75.1 Å². The minimum absolute atomic E-state index is 0.104. The molecule has 5 heterocycles. The van der Waals surface area contributed by atoms with Gasteiger partial charge >= 0.3 is 12.2 Å². The Hall–Kier alpha value is -6.06. The van der Waals surface area contributed by atoms with Crippen molar-refractivity contribution in [2.75, 3.05) is 27.3 Å². The van der Waals surface area contributed by atoms with E-state index in [9.17, 15) is 19.2 Å². The first-order chi connectivity index (χ1) is 27.3. The highest BCUT2D eigenvalue weighted by atomic mass is 16.6. The highest BCUT2D eigenvalue weighted by molar-refractivity contribution is 5.87. The number of alkyl carbamates (subject to hydrolysis) is 2. The first-order valence-electron chi connectivity index (χ1n) is 19.3. The molecule has 4 fully saturated rings. The molecule has 5 aliphatic rings. The predicted molar refractivity (Wildman–Crippen MR) is 200 cm³/mol. The maximum Gasteiger partial charge on any atom is 0.407 e. The Morgan fingerprint density at radius 2 is 1.27 bits per heavy atom. The van der Waals surface area contributed by atoms with Crippen LogP contribution in [0.4, 0.5) is 9.59 Å². The number of methoxy groups -OCH3 is 2. The molecule has 0 radical (unpaired) electrons. The van der Waals surface area contributed by atoms with E-state index >= 15 is 0 Å². The summed E-state index contributed by atoms with van der Waals surface area (Å²) in [6.07, 6.45) is 9.20. The Kier molecular flexibility index (Phi) is 9.25. The lowest BCUT2D eigenvalue weighted by Crippen LogP contribution is -2.49. The number of aromatic amines is 2. The molecule has 4 amide bonds. The normalized spacial score (nSPS) is 20.9. The number of amides is 4. The molecule has 0 bridgehead atoms. The quantitative estimate of drug-likeness (QED) is 0.132. The maximum absolute atomic E-state index is 13.6. The van der Waals surface area contributed by atoms with E-state index in [2.05, 4.69) is 25.6 Å². The average Bonchev–Trinajstić information content (AvgIpc) is 3.94.